The van der Waals surface area contributed by atoms with Gasteiger partial charge < -0.3 is 4.74 Å². The predicted octanol–water partition coefficient (Wildman–Crippen LogP) is 6.14. The fraction of sp³-hybridized carbons (Fsp3) is 0.700. The van der Waals surface area contributed by atoms with Crippen molar-refractivity contribution < 1.29 is 4.74 Å². The van der Waals surface area contributed by atoms with Crippen LogP contribution >= 0.6 is 0 Å². The van der Waals surface area contributed by atoms with Crippen molar-refractivity contribution in [3.63, 3.8) is 0 Å². The van der Waals surface area contributed by atoms with Crippen LogP contribution in [0, 0.1) is 5.41 Å². The first kappa shape index (κ1) is 18.1. The largest absolute Gasteiger partial charge is 0.497 e. The summed E-state index contributed by atoms with van der Waals surface area (Å²) in [5.74, 6) is 0.989. The van der Waals surface area contributed by atoms with E-state index in [-0.39, 0.29) is 10.8 Å². The Labute approximate surface area is 132 Å². The van der Waals surface area contributed by atoms with E-state index in [1.54, 1.807) is 7.11 Å². The molecule has 1 nitrogen and oxygen atoms in total. The minimum atomic E-state index is 0.233. The molecular formula is C20H34O. The smallest absolute Gasteiger partial charge is 0.119 e. The van der Waals surface area contributed by atoms with E-state index >= 15 is 0 Å². The van der Waals surface area contributed by atoms with Crippen LogP contribution in [0.2, 0.25) is 0 Å². The van der Waals surface area contributed by atoms with E-state index in [1.165, 1.54) is 36.8 Å². The summed E-state index contributed by atoms with van der Waals surface area (Å²) >= 11 is 0. The number of benzene rings is 1. The number of hydrogen-bond acceptors (Lipinski definition) is 1. The minimum absolute atomic E-state index is 0.233. The molecule has 1 aromatic carbocycles. The Morgan fingerprint density at radius 2 is 1.67 bits per heavy atom. The van der Waals surface area contributed by atoms with Gasteiger partial charge in [0, 0.05) is 5.41 Å². The van der Waals surface area contributed by atoms with Gasteiger partial charge in [0.25, 0.3) is 0 Å². The van der Waals surface area contributed by atoms with Crippen molar-refractivity contribution in [2.75, 3.05) is 7.11 Å². The lowest BCUT2D eigenvalue weighted by Gasteiger charge is -2.48. The van der Waals surface area contributed by atoms with Crippen LogP contribution in [-0.4, -0.2) is 7.11 Å². The summed E-state index contributed by atoms with van der Waals surface area (Å²) in [6.07, 6.45) is 5.93. The van der Waals surface area contributed by atoms with Gasteiger partial charge in [0.2, 0.25) is 0 Å². The highest BCUT2D eigenvalue weighted by Gasteiger charge is 2.44. The quantitative estimate of drug-likeness (QED) is 0.558. The molecule has 0 fully saturated rings. The second-order valence-electron chi connectivity index (χ2n) is 6.80. The molecule has 0 spiro atoms. The van der Waals surface area contributed by atoms with Gasteiger partial charge in [0.1, 0.15) is 5.75 Å². The summed E-state index contributed by atoms with van der Waals surface area (Å²) in [6, 6.07) is 6.67. The molecule has 0 aliphatic carbocycles. The maximum absolute atomic E-state index is 5.52. The highest BCUT2D eigenvalue weighted by molar-refractivity contribution is 5.42. The van der Waals surface area contributed by atoms with Gasteiger partial charge in [-0.05, 0) is 47.9 Å². The van der Waals surface area contributed by atoms with Crippen LogP contribution < -0.4 is 4.74 Å². The Balaban J connectivity index is 3.58. The van der Waals surface area contributed by atoms with Crippen LogP contribution in [0.4, 0.5) is 0 Å². The summed E-state index contributed by atoms with van der Waals surface area (Å²) < 4.78 is 5.52. The topological polar surface area (TPSA) is 9.23 Å². The van der Waals surface area contributed by atoms with E-state index in [2.05, 4.69) is 59.7 Å². The van der Waals surface area contributed by atoms with E-state index < -0.39 is 0 Å². The molecule has 1 aromatic rings. The average molecular weight is 290 g/mol. The van der Waals surface area contributed by atoms with Gasteiger partial charge in [-0.1, -0.05) is 60.5 Å². The van der Waals surface area contributed by atoms with Crippen LogP contribution in [-0.2, 0) is 11.8 Å². The molecule has 0 aliphatic heterocycles. The maximum atomic E-state index is 5.52. The highest BCUT2D eigenvalue weighted by Crippen LogP contribution is 2.51. The zero-order chi connectivity index (χ0) is 16.1. The molecule has 0 aromatic heterocycles. The number of ether oxygens (including phenoxy) is 1. The first-order valence-electron chi connectivity index (χ1n) is 8.59. The normalized spacial score (nSPS) is 14.8. The molecule has 0 heterocycles. The summed E-state index contributed by atoms with van der Waals surface area (Å²) in [5, 5.41) is 0. The Bertz CT molecular complexity index is 447. The summed E-state index contributed by atoms with van der Waals surface area (Å²) in [7, 11) is 1.77. The minimum Gasteiger partial charge on any atom is -0.497 e. The molecule has 0 radical (unpaired) electrons. The fourth-order valence-corrected chi connectivity index (χ4v) is 3.88. The van der Waals surface area contributed by atoms with Crippen molar-refractivity contribution >= 4 is 0 Å². The van der Waals surface area contributed by atoms with E-state index in [9.17, 15) is 0 Å². The SMILES string of the molecule is CCC[C@](CC)(c1cc(OC)ccc1CC)C(C)(C)CC. The molecule has 0 saturated heterocycles. The van der Waals surface area contributed by atoms with Gasteiger partial charge >= 0.3 is 0 Å². The number of rotatable bonds is 8. The van der Waals surface area contributed by atoms with E-state index in [0.29, 0.717) is 0 Å². The lowest BCUT2D eigenvalue weighted by atomic mass is 9.56. The zero-order valence-corrected chi connectivity index (χ0v) is 15.2. The second-order valence-corrected chi connectivity index (χ2v) is 6.80. The molecule has 0 unspecified atom stereocenters. The lowest BCUT2D eigenvalue weighted by molar-refractivity contribution is 0.130. The molecule has 0 aliphatic rings. The van der Waals surface area contributed by atoms with Gasteiger partial charge in [-0.3, -0.25) is 0 Å². The van der Waals surface area contributed by atoms with Gasteiger partial charge in [-0.2, -0.15) is 0 Å². The summed E-state index contributed by atoms with van der Waals surface area (Å²) in [5.41, 5.74) is 3.51. The summed E-state index contributed by atoms with van der Waals surface area (Å²) in [6.45, 7) is 14.1. The molecule has 1 rings (SSSR count). The van der Waals surface area contributed by atoms with Crippen molar-refractivity contribution in [3.05, 3.63) is 29.3 Å². The van der Waals surface area contributed by atoms with E-state index in [1.807, 2.05) is 0 Å². The van der Waals surface area contributed by atoms with Crippen LogP contribution in [0.25, 0.3) is 0 Å². The van der Waals surface area contributed by atoms with Gasteiger partial charge in [0.05, 0.1) is 7.11 Å². The van der Waals surface area contributed by atoms with Crippen molar-refractivity contribution in [1.82, 2.24) is 0 Å². The van der Waals surface area contributed by atoms with Gasteiger partial charge in [0.15, 0.2) is 0 Å². The summed E-state index contributed by atoms with van der Waals surface area (Å²) in [4.78, 5) is 0. The monoisotopic (exact) mass is 290 g/mol. The van der Waals surface area contributed by atoms with Crippen LogP contribution in [0.1, 0.15) is 78.4 Å². The molecule has 0 saturated carbocycles. The van der Waals surface area contributed by atoms with E-state index in [4.69, 9.17) is 4.74 Å². The Hall–Kier alpha value is -0.980. The molecule has 1 heteroatoms. The molecule has 0 bridgehead atoms. The third-order valence-electron chi connectivity index (χ3n) is 5.67. The molecule has 0 amide bonds. The highest BCUT2D eigenvalue weighted by atomic mass is 16.5. The first-order valence-corrected chi connectivity index (χ1v) is 8.59. The fourth-order valence-electron chi connectivity index (χ4n) is 3.88. The maximum Gasteiger partial charge on any atom is 0.119 e. The molecular weight excluding hydrogens is 256 g/mol. The van der Waals surface area contributed by atoms with Crippen molar-refractivity contribution in [2.24, 2.45) is 5.41 Å². The number of methoxy groups -OCH3 is 1. The van der Waals surface area contributed by atoms with Crippen LogP contribution in [0.5, 0.6) is 5.75 Å². The second kappa shape index (κ2) is 7.33. The number of aryl methyl sites for hydroxylation is 1. The third-order valence-corrected chi connectivity index (χ3v) is 5.67. The van der Waals surface area contributed by atoms with Crippen molar-refractivity contribution in [2.45, 2.75) is 79.1 Å². The molecule has 120 valence electrons. The zero-order valence-electron chi connectivity index (χ0n) is 15.2. The average Bonchev–Trinajstić information content (AvgIpc) is 2.51. The van der Waals surface area contributed by atoms with Crippen LogP contribution in [0.3, 0.4) is 0 Å². The van der Waals surface area contributed by atoms with Crippen molar-refractivity contribution in [1.29, 1.82) is 0 Å². The van der Waals surface area contributed by atoms with E-state index in [0.717, 1.165) is 12.2 Å². The lowest BCUT2D eigenvalue weighted by Crippen LogP contribution is -2.42. The van der Waals surface area contributed by atoms with Crippen molar-refractivity contribution in [3.8, 4) is 5.75 Å². The standard InChI is InChI=1S/C20H34O/c1-8-14-20(11-4,19(5,6)10-3)18-15-17(21-7)13-12-16(18)9-2/h12-13,15H,8-11,14H2,1-7H3/t20-/m1/s1. The Morgan fingerprint density at radius 3 is 2.10 bits per heavy atom. The molecule has 0 N–H and O–H groups in total. The molecule has 1 atom stereocenters. The predicted molar refractivity (Wildman–Crippen MR) is 93.3 cm³/mol. The molecule has 21 heavy (non-hydrogen) atoms. The van der Waals surface area contributed by atoms with Crippen LogP contribution in [0.15, 0.2) is 18.2 Å². The number of hydrogen-bond donors (Lipinski definition) is 0. The Kier molecular flexibility index (Phi) is 6.31. The van der Waals surface area contributed by atoms with Gasteiger partial charge in [-0.15, -0.1) is 0 Å². The first-order chi connectivity index (χ1) is 9.92. The van der Waals surface area contributed by atoms with Gasteiger partial charge in [-0.25, -0.2) is 0 Å². The Morgan fingerprint density at radius 1 is 1.00 bits per heavy atom. The third kappa shape index (κ3) is 3.27.